The van der Waals surface area contributed by atoms with Crippen molar-refractivity contribution in [2.75, 3.05) is 33.2 Å². The van der Waals surface area contributed by atoms with Gasteiger partial charge >= 0.3 is 0 Å². The predicted molar refractivity (Wildman–Crippen MR) is 65.0 cm³/mol. The number of hydrogen-bond acceptors (Lipinski definition) is 3. The third kappa shape index (κ3) is 2.23. The van der Waals surface area contributed by atoms with Crippen LogP contribution < -0.4 is 0 Å². The first-order valence-electron chi connectivity index (χ1n) is 6.51. The van der Waals surface area contributed by atoms with Gasteiger partial charge in [-0.05, 0) is 38.6 Å². The molecule has 90 valence electrons. The first-order valence-corrected chi connectivity index (χ1v) is 6.51. The van der Waals surface area contributed by atoms with Gasteiger partial charge in [0.05, 0.1) is 6.07 Å². The number of likely N-dealkylation sites (N-methyl/N-ethyl adjacent to an activating group) is 1. The van der Waals surface area contributed by atoms with Crippen LogP contribution in [0, 0.1) is 17.2 Å². The SMILES string of the molecule is CC1CCC(C#N)(N2CCN(C)CC2)CC1. The molecule has 1 aliphatic heterocycles. The summed E-state index contributed by atoms with van der Waals surface area (Å²) in [4.78, 5) is 4.80. The number of piperazine rings is 1. The summed E-state index contributed by atoms with van der Waals surface area (Å²) in [5.74, 6) is 0.814. The standard InChI is InChI=1S/C13H23N3/c1-12-3-5-13(11-14,6-4-12)16-9-7-15(2)8-10-16/h12H,3-10H2,1-2H3. The molecule has 3 heteroatoms. The highest BCUT2D eigenvalue weighted by atomic mass is 15.3. The molecule has 0 spiro atoms. The van der Waals surface area contributed by atoms with Crippen molar-refractivity contribution in [3.63, 3.8) is 0 Å². The maximum Gasteiger partial charge on any atom is 0.109 e. The van der Waals surface area contributed by atoms with Crippen LogP contribution in [0.1, 0.15) is 32.6 Å². The van der Waals surface area contributed by atoms with Gasteiger partial charge in [0, 0.05) is 26.2 Å². The molecule has 0 aromatic rings. The summed E-state index contributed by atoms with van der Waals surface area (Å²) in [7, 11) is 2.17. The molecule has 0 atom stereocenters. The Kier molecular flexibility index (Phi) is 3.51. The van der Waals surface area contributed by atoms with Crippen molar-refractivity contribution >= 4 is 0 Å². The molecule has 1 saturated heterocycles. The van der Waals surface area contributed by atoms with E-state index in [4.69, 9.17) is 0 Å². The molecule has 0 amide bonds. The highest BCUT2D eigenvalue weighted by molar-refractivity contribution is 5.11. The molecule has 0 radical (unpaired) electrons. The smallest absolute Gasteiger partial charge is 0.109 e. The Bertz CT molecular complexity index is 265. The second-order valence-electron chi connectivity index (χ2n) is 5.62. The highest BCUT2D eigenvalue weighted by Gasteiger charge is 2.40. The van der Waals surface area contributed by atoms with Gasteiger partial charge in [0.15, 0.2) is 0 Å². The molecule has 0 aromatic heterocycles. The average Bonchev–Trinajstić information content (AvgIpc) is 2.32. The van der Waals surface area contributed by atoms with Crippen LogP contribution >= 0.6 is 0 Å². The Balaban J connectivity index is 2.02. The maximum atomic E-state index is 9.54. The van der Waals surface area contributed by atoms with E-state index in [1.165, 1.54) is 12.8 Å². The van der Waals surface area contributed by atoms with Crippen molar-refractivity contribution in [3.8, 4) is 6.07 Å². The maximum absolute atomic E-state index is 9.54. The zero-order valence-electron chi connectivity index (χ0n) is 10.6. The van der Waals surface area contributed by atoms with Gasteiger partial charge in [-0.15, -0.1) is 0 Å². The molecule has 2 rings (SSSR count). The van der Waals surface area contributed by atoms with E-state index in [9.17, 15) is 5.26 Å². The van der Waals surface area contributed by atoms with Crippen LogP contribution in [-0.4, -0.2) is 48.6 Å². The van der Waals surface area contributed by atoms with Crippen LogP contribution in [-0.2, 0) is 0 Å². The fraction of sp³-hybridized carbons (Fsp3) is 0.923. The van der Waals surface area contributed by atoms with E-state index in [0.29, 0.717) is 0 Å². The average molecular weight is 221 g/mol. The molecule has 0 bridgehead atoms. The van der Waals surface area contributed by atoms with Gasteiger partial charge in [0.25, 0.3) is 0 Å². The third-order valence-corrected chi connectivity index (χ3v) is 4.42. The van der Waals surface area contributed by atoms with Crippen molar-refractivity contribution in [1.82, 2.24) is 9.80 Å². The summed E-state index contributed by atoms with van der Waals surface area (Å²) in [6, 6.07) is 2.63. The largest absolute Gasteiger partial charge is 0.304 e. The van der Waals surface area contributed by atoms with E-state index in [-0.39, 0.29) is 5.54 Å². The van der Waals surface area contributed by atoms with Crippen molar-refractivity contribution in [2.45, 2.75) is 38.1 Å². The number of nitriles is 1. The molecule has 1 aliphatic carbocycles. The lowest BCUT2D eigenvalue weighted by atomic mass is 9.76. The van der Waals surface area contributed by atoms with Crippen LogP contribution in [0.15, 0.2) is 0 Å². The Labute approximate surface area is 99.0 Å². The van der Waals surface area contributed by atoms with Crippen LogP contribution in [0.2, 0.25) is 0 Å². The second kappa shape index (κ2) is 4.73. The zero-order valence-corrected chi connectivity index (χ0v) is 10.6. The number of nitrogens with zero attached hydrogens (tertiary/aromatic N) is 3. The van der Waals surface area contributed by atoms with Gasteiger partial charge in [-0.25, -0.2) is 0 Å². The van der Waals surface area contributed by atoms with Gasteiger partial charge in [-0.2, -0.15) is 5.26 Å². The Morgan fingerprint density at radius 1 is 1.12 bits per heavy atom. The minimum Gasteiger partial charge on any atom is -0.304 e. The summed E-state index contributed by atoms with van der Waals surface area (Å²) in [6.07, 6.45) is 4.60. The first-order chi connectivity index (χ1) is 7.66. The van der Waals surface area contributed by atoms with Crippen molar-refractivity contribution in [1.29, 1.82) is 5.26 Å². The molecule has 2 fully saturated rings. The topological polar surface area (TPSA) is 30.3 Å². The fourth-order valence-electron chi connectivity index (χ4n) is 2.97. The van der Waals surface area contributed by atoms with E-state index >= 15 is 0 Å². The molecule has 1 saturated carbocycles. The van der Waals surface area contributed by atoms with E-state index in [2.05, 4.69) is 29.8 Å². The molecular formula is C13H23N3. The molecule has 0 unspecified atom stereocenters. The van der Waals surface area contributed by atoms with Crippen LogP contribution in [0.5, 0.6) is 0 Å². The van der Waals surface area contributed by atoms with E-state index < -0.39 is 0 Å². The summed E-state index contributed by atoms with van der Waals surface area (Å²) < 4.78 is 0. The molecule has 0 aromatic carbocycles. The molecule has 2 aliphatic rings. The van der Waals surface area contributed by atoms with Crippen molar-refractivity contribution in [3.05, 3.63) is 0 Å². The molecule has 1 heterocycles. The van der Waals surface area contributed by atoms with Gasteiger partial charge in [0.2, 0.25) is 0 Å². The molecule has 0 N–H and O–H groups in total. The normalized spacial score (nSPS) is 38.2. The van der Waals surface area contributed by atoms with Crippen molar-refractivity contribution < 1.29 is 0 Å². The Morgan fingerprint density at radius 3 is 2.19 bits per heavy atom. The number of rotatable bonds is 1. The lowest BCUT2D eigenvalue weighted by Gasteiger charge is -2.46. The van der Waals surface area contributed by atoms with Gasteiger partial charge < -0.3 is 4.90 Å². The number of hydrogen-bond donors (Lipinski definition) is 0. The van der Waals surface area contributed by atoms with Crippen LogP contribution in [0.25, 0.3) is 0 Å². The molecule has 3 nitrogen and oxygen atoms in total. The van der Waals surface area contributed by atoms with Crippen molar-refractivity contribution in [2.24, 2.45) is 5.92 Å². The van der Waals surface area contributed by atoms with E-state index in [1.54, 1.807) is 0 Å². The first kappa shape index (κ1) is 11.9. The predicted octanol–water partition coefficient (Wildman–Crippen LogP) is 1.71. The molecule has 16 heavy (non-hydrogen) atoms. The highest BCUT2D eigenvalue weighted by Crippen LogP contribution is 2.36. The van der Waals surface area contributed by atoms with Gasteiger partial charge in [-0.1, -0.05) is 6.92 Å². The van der Waals surface area contributed by atoms with Crippen LogP contribution in [0.4, 0.5) is 0 Å². The van der Waals surface area contributed by atoms with Gasteiger partial charge in [-0.3, -0.25) is 4.90 Å². The van der Waals surface area contributed by atoms with E-state index in [0.717, 1.165) is 44.9 Å². The summed E-state index contributed by atoms with van der Waals surface area (Å²) >= 11 is 0. The second-order valence-corrected chi connectivity index (χ2v) is 5.62. The Hall–Kier alpha value is -0.590. The molecular weight excluding hydrogens is 198 g/mol. The summed E-state index contributed by atoms with van der Waals surface area (Å²) in [5.41, 5.74) is -0.131. The zero-order chi connectivity index (χ0) is 11.6. The minimum atomic E-state index is -0.131. The fourth-order valence-corrected chi connectivity index (χ4v) is 2.97. The van der Waals surface area contributed by atoms with E-state index in [1.807, 2.05) is 0 Å². The monoisotopic (exact) mass is 221 g/mol. The van der Waals surface area contributed by atoms with Crippen LogP contribution in [0.3, 0.4) is 0 Å². The quantitative estimate of drug-likeness (QED) is 0.675. The summed E-state index contributed by atoms with van der Waals surface area (Å²) in [5, 5.41) is 9.54. The lowest BCUT2D eigenvalue weighted by Crippen LogP contribution is -2.57. The third-order valence-electron chi connectivity index (χ3n) is 4.42. The Morgan fingerprint density at radius 2 is 1.69 bits per heavy atom. The lowest BCUT2D eigenvalue weighted by molar-refractivity contribution is 0.0414. The van der Waals surface area contributed by atoms with Gasteiger partial charge in [0.1, 0.15) is 5.54 Å². The minimum absolute atomic E-state index is 0.131. The summed E-state index contributed by atoms with van der Waals surface area (Å²) in [6.45, 7) is 6.67.